The second-order valence-corrected chi connectivity index (χ2v) is 5.79. The molecule has 5 heteroatoms. The van der Waals surface area contributed by atoms with Gasteiger partial charge in [0.1, 0.15) is 17.5 Å². The molecule has 0 aliphatic heterocycles. The molecule has 1 aromatic heterocycles. The van der Waals surface area contributed by atoms with E-state index in [4.69, 9.17) is 0 Å². The third-order valence-electron chi connectivity index (χ3n) is 3.14. The van der Waals surface area contributed by atoms with Gasteiger partial charge in [-0.25, -0.2) is 9.97 Å². The number of aromatic nitrogens is 2. The topological polar surface area (TPSA) is 49.8 Å². The third-order valence-corrected chi connectivity index (χ3v) is 3.63. The first-order chi connectivity index (χ1) is 10.1. The molecule has 112 valence electrons. The Labute approximate surface area is 134 Å². The lowest BCUT2D eigenvalue weighted by Crippen LogP contribution is -2.10. The lowest BCUT2D eigenvalue weighted by molar-refractivity contribution is 0.911. The monoisotopic (exact) mass is 348 g/mol. The quantitative estimate of drug-likeness (QED) is 0.795. The van der Waals surface area contributed by atoms with Crippen LogP contribution in [0.2, 0.25) is 0 Å². The molecule has 0 amide bonds. The van der Waals surface area contributed by atoms with Crippen LogP contribution in [0.3, 0.4) is 0 Å². The van der Waals surface area contributed by atoms with Gasteiger partial charge in [0, 0.05) is 28.7 Å². The number of nitrogens with one attached hydrogen (secondary N) is 2. The van der Waals surface area contributed by atoms with Crippen molar-refractivity contribution < 1.29 is 0 Å². The standard InChI is InChI=1S/C16H21BrN4/c1-4-9-18-15-11(3)16(21-14(5-2)20-15)19-13-8-6-7-12(17)10-13/h6-8,10H,4-5,9H2,1-3H3,(H2,18,19,20,21). The molecule has 2 rings (SSSR count). The van der Waals surface area contributed by atoms with Crippen LogP contribution in [0.15, 0.2) is 28.7 Å². The van der Waals surface area contributed by atoms with Crippen LogP contribution in [-0.2, 0) is 6.42 Å². The van der Waals surface area contributed by atoms with E-state index in [1.54, 1.807) is 0 Å². The second kappa shape index (κ2) is 7.41. The van der Waals surface area contributed by atoms with E-state index in [0.29, 0.717) is 0 Å². The SMILES string of the molecule is CCCNc1nc(CC)nc(Nc2cccc(Br)c2)c1C. The van der Waals surface area contributed by atoms with Gasteiger partial charge in [-0.15, -0.1) is 0 Å². The van der Waals surface area contributed by atoms with Crippen molar-refractivity contribution in [2.45, 2.75) is 33.6 Å². The molecule has 2 aromatic rings. The largest absolute Gasteiger partial charge is 0.370 e. The maximum absolute atomic E-state index is 4.61. The first-order valence-corrected chi connectivity index (χ1v) is 8.07. The number of anilines is 3. The smallest absolute Gasteiger partial charge is 0.139 e. The molecule has 2 N–H and O–H groups in total. The predicted octanol–water partition coefficient (Wildman–Crippen LogP) is 4.68. The average Bonchev–Trinajstić information content (AvgIpc) is 2.48. The fourth-order valence-electron chi connectivity index (χ4n) is 1.96. The Kier molecular flexibility index (Phi) is 5.56. The number of hydrogen-bond donors (Lipinski definition) is 2. The van der Waals surface area contributed by atoms with Gasteiger partial charge >= 0.3 is 0 Å². The van der Waals surface area contributed by atoms with Gasteiger partial charge in [0.15, 0.2) is 0 Å². The average molecular weight is 349 g/mol. The third kappa shape index (κ3) is 4.17. The molecule has 0 bridgehead atoms. The summed E-state index contributed by atoms with van der Waals surface area (Å²) in [5.41, 5.74) is 2.05. The number of nitrogens with zero attached hydrogens (tertiary/aromatic N) is 2. The van der Waals surface area contributed by atoms with Crippen LogP contribution in [0.5, 0.6) is 0 Å². The van der Waals surface area contributed by atoms with Crippen LogP contribution < -0.4 is 10.6 Å². The molecule has 0 saturated heterocycles. The Morgan fingerprint density at radius 1 is 1.14 bits per heavy atom. The zero-order chi connectivity index (χ0) is 15.2. The molecular weight excluding hydrogens is 328 g/mol. The van der Waals surface area contributed by atoms with Crippen molar-refractivity contribution in [3.63, 3.8) is 0 Å². The summed E-state index contributed by atoms with van der Waals surface area (Å²) in [7, 11) is 0. The predicted molar refractivity (Wildman–Crippen MR) is 92.4 cm³/mol. The molecule has 4 nitrogen and oxygen atoms in total. The van der Waals surface area contributed by atoms with Crippen LogP contribution in [0.4, 0.5) is 17.3 Å². The number of benzene rings is 1. The number of hydrogen-bond acceptors (Lipinski definition) is 4. The molecule has 0 aliphatic rings. The molecule has 1 aromatic carbocycles. The number of aryl methyl sites for hydroxylation is 1. The summed E-state index contributed by atoms with van der Waals surface area (Å²) in [6, 6.07) is 8.06. The van der Waals surface area contributed by atoms with Crippen molar-refractivity contribution in [3.05, 3.63) is 40.1 Å². The fourth-order valence-corrected chi connectivity index (χ4v) is 2.36. The zero-order valence-corrected chi connectivity index (χ0v) is 14.3. The Morgan fingerprint density at radius 3 is 2.57 bits per heavy atom. The molecule has 0 radical (unpaired) electrons. The summed E-state index contributed by atoms with van der Waals surface area (Å²) in [4.78, 5) is 9.18. The molecule has 0 aliphatic carbocycles. The molecule has 0 spiro atoms. The number of rotatable bonds is 6. The molecule has 0 saturated carbocycles. The minimum Gasteiger partial charge on any atom is -0.370 e. The molecule has 0 fully saturated rings. The first kappa shape index (κ1) is 15.8. The van der Waals surface area contributed by atoms with Crippen LogP contribution >= 0.6 is 15.9 Å². The second-order valence-electron chi connectivity index (χ2n) is 4.88. The van der Waals surface area contributed by atoms with Gasteiger partial charge in [-0.2, -0.15) is 0 Å². The van der Waals surface area contributed by atoms with Crippen molar-refractivity contribution in [1.82, 2.24) is 9.97 Å². The lowest BCUT2D eigenvalue weighted by Gasteiger charge is -2.14. The van der Waals surface area contributed by atoms with Crippen molar-refractivity contribution in [2.75, 3.05) is 17.2 Å². The molecule has 0 unspecified atom stereocenters. The fraction of sp³-hybridized carbons (Fsp3) is 0.375. The maximum atomic E-state index is 4.61. The van der Waals surface area contributed by atoms with E-state index in [-0.39, 0.29) is 0 Å². The first-order valence-electron chi connectivity index (χ1n) is 7.28. The van der Waals surface area contributed by atoms with Gasteiger partial charge in [-0.3, -0.25) is 0 Å². The normalized spacial score (nSPS) is 10.5. The van der Waals surface area contributed by atoms with Gasteiger partial charge < -0.3 is 10.6 Å². The van der Waals surface area contributed by atoms with Crippen molar-refractivity contribution in [3.8, 4) is 0 Å². The summed E-state index contributed by atoms with van der Waals surface area (Å²) < 4.78 is 1.04. The summed E-state index contributed by atoms with van der Waals surface area (Å²) in [5.74, 6) is 2.62. The van der Waals surface area contributed by atoms with Crippen LogP contribution in [0, 0.1) is 6.92 Å². The van der Waals surface area contributed by atoms with Gasteiger partial charge in [0.2, 0.25) is 0 Å². The Hall–Kier alpha value is -1.62. The summed E-state index contributed by atoms with van der Waals surface area (Å²) >= 11 is 3.49. The van der Waals surface area contributed by atoms with Gasteiger partial charge in [0.25, 0.3) is 0 Å². The highest BCUT2D eigenvalue weighted by atomic mass is 79.9. The highest BCUT2D eigenvalue weighted by Crippen LogP contribution is 2.25. The van der Waals surface area contributed by atoms with Gasteiger partial charge in [0.05, 0.1) is 0 Å². The Balaban J connectivity index is 2.33. The minimum atomic E-state index is 0.814. The van der Waals surface area contributed by atoms with E-state index in [2.05, 4.69) is 50.4 Å². The van der Waals surface area contributed by atoms with Gasteiger partial charge in [-0.05, 0) is 31.5 Å². The molecular formula is C16H21BrN4. The van der Waals surface area contributed by atoms with E-state index in [0.717, 1.165) is 52.6 Å². The minimum absolute atomic E-state index is 0.814. The highest BCUT2D eigenvalue weighted by molar-refractivity contribution is 9.10. The van der Waals surface area contributed by atoms with Crippen molar-refractivity contribution in [1.29, 1.82) is 0 Å². The van der Waals surface area contributed by atoms with Crippen LogP contribution in [0.25, 0.3) is 0 Å². The summed E-state index contributed by atoms with van der Waals surface area (Å²) in [5, 5.41) is 6.76. The van der Waals surface area contributed by atoms with Crippen LogP contribution in [0.1, 0.15) is 31.7 Å². The van der Waals surface area contributed by atoms with Gasteiger partial charge in [-0.1, -0.05) is 35.8 Å². The van der Waals surface area contributed by atoms with E-state index < -0.39 is 0 Å². The zero-order valence-electron chi connectivity index (χ0n) is 12.7. The van der Waals surface area contributed by atoms with E-state index in [9.17, 15) is 0 Å². The lowest BCUT2D eigenvalue weighted by atomic mass is 10.2. The van der Waals surface area contributed by atoms with Crippen molar-refractivity contribution in [2.24, 2.45) is 0 Å². The molecule has 0 atom stereocenters. The Morgan fingerprint density at radius 2 is 1.90 bits per heavy atom. The molecule has 21 heavy (non-hydrogen) atoms. The number of halogens is 1. The Bertz CT molecular complexity index is 613. The summed E-state index contributed by atoms with van der Waals surface area (Å²) in [6.45, 7) is 7.16. The van der Waals surface area contributed by atoms with E-state index in [1.165, 1.54) is 0 Å². The molecule has 1 heterocycles. The highest BCUT2D eigenvalue weighted by Gasteiger charge is 2.10. The van der Waals surface area contributed by atoms with Crippen LogP contribution in [-0.4, -0.2) is 16.5 Å². The van der Waals surface area contributed by atoms with Crippen molar-refractivity contribution >= 4 is 33.3 Å². The van der Waals surface area contributed by atoms with E-state index >= 15 is 0 Å². The summed E-state index contributed by atoms with van der Waals surface area (Å²) in [6.07, 6.45) is 1.88. The van der Waals surface area contributed by atoms with E-state index in [1.807, 2.05) is 31.2 Å². The maximum Gasteiger partial charge on any atom is 0.139 e.